The minimum absolute atomic E-state index is 0.0770. The maximum atomic E-state index is 13.0. The fourth-order valence-electron chi connectivity index (χ4n) is 3.42. The Morgan fingerprint density at radius 1 is 1.19 bits per heavy atom. The summed E-state index contributed by atoms with van der Waals surface area (Å²) < 4.78 is 2.07. The Labute approximate surface area is 158 Å². The van der Waals surface area contributed by atoms with Crippen molar-refractivity contribution in [1.29, 1.82) is 0 Å². The van der Waals surface area contributed by atoms with E-state index in [0.29, 0.717) is 12.5 Å². The molecule has 7 nitrogen and oxygen atoms in total. The van der Waals surface area contributed by atoms with Gasteiger partial charge in [0, 0.05) is 26.7 Å². The molecule has 0 amide bonds. The minimum atomic E-state index is -0.640. The summed E-state index contributed by atoms with van der Waals surface area (Å²) in [5.41, 5.74) is 5.76. The number of Topliss-reactive ketones (excluding diaryl/α,β-unsaturated/α-hetero) is 1. The number of carbonyl (C=O) groups excluding carboxylic acids is 1. The monoisotopic (exact) mass is 370 g/mol. The van der Waals surface area contributed by atoms with Crippen molar-refractivity contribution in [2.45, 2.75) is 32.4 Å². The zero-order valence-corrected chi connectivity index (χ0v) is 16.0. The highest BCUT2D eigenvalue weighted by Crippen LogP contribution is 2.35. The zero-order chi connectivity index (χ0) is 19.7. The van der Waals surface area contributed by atoms with E-state index >= 15 is 0 Å². The van der Waals surface area contributed by atoms with Gasteiger partial charge in [-0.25, -0.2) is 4.79 Å². The predicted molar refractivity (Wildman–Crippen MR) is 105 cm³/mol. The third-order valence-electron chi connectivity index (χ3n) is 5.44. The summed E-state index contributed by atoms with van der Waals surface area (Å²) in [4.78, 5) is 39.6. The number of rotatable bonds is 7. The summed E-state index contributed by atoms with van der Waals surface area (Å²) in [6, 6.07) is 10.2. The molecule has 27 heavy (non-hydrogen) atoms. The third-order valence-corrected chi connectivity index (χ3v) is 5.44. The number of nitrogens with zero attached hydrogens (tertiary/aromatic N) is 3. The van der Waals surface area contributed by atoms with E-state index < -0.39 is 11.2 Å². The number of anilines is 1. The Morgan fingerprint density at radius 2 is 1.81 bits per heavy atom. The molecular weight excluding hydrogens is 344 g/mol. The number of hydrogen-bond acceptors (Lipinski definition) is 5. The van der Waals surface area contributed by atoms with Gasteiger partial charge in [-0.05, 0) is 31.2 Å². The van der Waals surface area contributed by atoms with Gasteiger partial charge in [0.2, 0.25) is 0 Å². The number of nitrogen functional groups attached to an aromatic ring is 1. The summed E-state index contributed by atoms with van der Waals surface area (Å²) in [6.07, 6.45) is 2.31. The molecule has 0 saturated heterocycles. The molecule has 1 aromatic heterocycles. The van der Waals surface area contributed by atoms with Gasteiger partial charge >= 0.3 is 5.69 Å². The van der Waals surface area contributed by atoms with Crippen molar-refractivity contribution in [3.05, 3.63) is 62.3 Å². The number of benzene rings is 1. The standard InChI is InChI=1S/C20H26N4O3/c1-13(15-9-10-15)24(11-14-7-5-4-6-8-14)12-16(25)17-18(21)22(2)20(27)23(3)19(17)26/h4-8,13,15H,9-12,21H2,1-3H3. The lowest BCUT2D eigenvalue weighted by molar-refractivity contribution is 0.0874. The number of carbonyl (C=O) groups is 1. The highest BCUT2D eigenvalue weighted by Gasteiger charge is 2.33. The smallest absolute Gasteiger partial charge is 0.332 e. The predicted octanol–water partition coefficient (Wildman–Crippen LogP) is 1.15. The first-order chi connectivity index (χ1) is 12.8. The molecular formula is C20H26N4O3. The van der Waals surface area contributed by atoms with Gasteiger partial charge in [-0.3, -0.25) is 23.6 Å². The fraction of sp³-hybridized carbons (Fsp3) is 0.450. The molecule has 1 atom stereocenters. The molecule has 1 heterocycles. The molecule has 2 aromatic rings. The van der Waals surface area contributed by atoms with Gasteiger partial charge in [0.25, 0.3) is 5.56 Å². The first-order valence-electron chi connectivity index (χ1n) is 9.18. The Hall–Kier alpha value is -2.67. The van der Waals surface area contributed by atoms with Gasteiger partial charge in [0.05, 0.1) is 6.54 Å². The SMILES string of the molecule is CC(C1CC1)N(CC(=O)c1c(N)n(C)c(=O)n(C)c1=O)Cc1ccccc1. The summed E-state index contributed by atoms with van der Waals surface area (Å²) >= 11 is 0. The molecule has 1 aliphatic carbocycles. The van der Waals surface area contributed by atoms with Crippen molar-refractivity contribution in [2.75, 3.05) is 12.3 Å². The van der Waals surface area contributed by atoms with Crippen molar-refractivity contribution >= 4 is 11.6 Å². The van der Waals surface area contributed by atoms with Crippen LogP contribution < -0.4 is 17.0 Å². The molecule has 1 unspecified atom stereocenters. The van der Waals surface area contributed by atoms with E-state index in [1.807, 2.05) is 30.3 Å². The summed E-state index contributed by atoms with van der Waals surface area (Å²) in [5.74, 6) is 0.140. The third kappa shape index (κ3) is 3.88. The second-order valence-corrected chi connectivity index (χ2v) is 7.36. The van der Waals surface area contributed by atoms with Crippen LogP contribution >= 0.6 is 0 Å². The van der Waals surface area contributed by atoms with Crippen molar-refractivity contribution in [1.82, 2.24) is 14.0 Å². The molecule has 0 radical (unpaired) electrons. The van der Waals surface area contributed by atoms with E-state index in [9.17, 15) is 14.4 Å². The Morgan fingerprint density at radius 3 is 2.41 bits per heavy atom. The van der Waals surface area contributed by atoms with Crippen LogP contribution in [0.3, 0.4) is 0 Å². The Bertz CT molecular complexity index is 958. The number of hydrogen-bond donors (Lipinski definition) is 1. The highest BCUT2D eigenvalue weighted by atomic mass is 16.2. The number of aromatic nitrogens is 2. The molecule has 1 saturated carbocycles. The molecule has 3 rings (SSSR count). The van der Waals surface area contributed by atoms with Gasteiger partial charge in [0.15, 0.2) is 5.78 Å². The van der Waals surface area contributed by atoms with E-state index in [1.54, 1.807) is 0 Å². The molecule has 2 N–H and O–H groups in total. The molecule has 0 spiro atoms. The lowest BCUT2D eigenvalue weighted by atomic mass is 10.1. The van der Waals surface area contributed by atoms with Crippen molar-refractivity contribution in [3.8, 4) is 0 Å². The molecule has 7 heteroatoms. The van der Waals surface area contributed by atoms with E-state index in [0.717, 1.165) is 27.5 Å². The van der Waals surface area contributed by atoms with Crippen molar-refractivity contribution in [2.24, 2.45) is 20.0 Å². The van der Waals surface area contributed by atoms with Gasteiger partial charge in [-0.2, -0.15) is 0 Å². The quantitative estimate of drug-likeness (QED) is 0.739. The molecule has 0 aliphatic heterocycles. The van der Waals surface area contributed by atoms with Crippen LogP contribution in [0.2, 0.25) is 0 Å². The maximum Gasteiger partial charge on any atom is 0.332 e. The summed E-state index contributed by atoms with van der Waals surface area (Å²) in [6.45, 7) is 2.83. The highest BCUT2D eigenvalue weighted by molar-refractivity contribution is 6.01. The topological polar surface area (TPSA) is 90.3 Å². The fourth-order valence-corrected chi connectivity index (χ4v) is 3.42. The van der Waals surface area contributed by atoms with Crippen LogP contribution in [-0.2, 0) is 20.6 Å². The minimum Gasteiger partial charge on any atom is -0.384 e. The Balaban J connectivity index is 1.91. The molecule has 144 valence electrons. The van der Waals surface area contributed by atoms with Gasteiger partial charge in [0.1, 0.15) is 11.4 Å². The van der Waals surface area contributed by atoms with Gasteiger partial charge in [-0.1, -0.05) is 30.3 Å². The van der Waals surface area contributed by atoms with Crippen LogP contribution in [0, 0.1) is 5.92 Å². The number of ketones is 1. The van der Waals surface area contributed by atoms with E-state index in [1.165, 1.54) is 14.1 Å². The van der Waals surface area contributed by atoms with Crippen LogP contribution in [0.4, 0.5) is 5.82 Å². The van der Waals surface area contributed by atoms with Crippen LogP contribution in [-0.4, -0.2) is 32.4 Å². The van der Waals surface area contributed by atoms with Crippen LogP contribution in [0.25, 0.3) is 0 Å². The molecule has 1 aromatic carbocycles. The van der Waals surface area contributed by atoms with E-state index in [2.05, 4.69) is 11.8 Å². The average molecular weight is 370 g/mol. The average Bonchev–Trinajstić information content (AvgIpc) is 3.50. The lowest BCUT2D eigenvalue weighted by Gasteiger charge is -2.29. The van der Waals surface area contributed by atoms with Crippen LogP contribution in [0.1, 0.15) is 35.7 Å². The molecule has 1 fully saturated rings. The largest absolute Gasteiger partial charge is 0.384 e. The summed E-state index contributed by atoms with van der Waals surface area (Å²) in [7, 11) is 2.82. The normalized spacial score (nSPS) is 15.1. The second-order valence-electron chi connectivity index (χ2n) is 7.36. The lowest BCUT2D eigenvalue weighted by Crippen LogP contribution is -2.44. The first-order valence-corrected chi connectivity index (χ1v) is 9.18. The number of nitrogens with two attached hydrogens (primary N) is 1. The molecule has 1 aliphatic rings. The van der Waals surface area contributed by atoms with Gasteiger partial charge in [-0.15, -0.1) is 0 Å². The first kappa shape index (κ1) is 19.1. The van der Waals surface area contributed by atoms with E-state index in [-0.39, 0.29) is 29.8 Å². The van der Waals surface area contributed by atoms with Crippen molar-refractivity contribution < 1.29 is 4.79 Å². The summed E-state index contributed by atoms with van der Waals surface area (Å²) in [5, 5.41) is 0. The van der Waals surface area contributed by atoms with Crippen LogP contribution in [0.15, 0.2) is 39.9 Å². The Kier molecular flexibility index (Phi) is 5.32. The maximum absolute atomic E-state index is 13.0. The second kappa shape index (κ2) is 7.52. The zero-order valence-electron chi connectivity index (χ0n) is 16.0. The van der Waals surface area contributed by atoms with Gasteiger partial charge < -0.3 is 5.73 Å². The van der Waals surface area contributed by atoms with E-state index in [4.69, 9.17) is 5.73 Å². The molecule has 0 bridgehead atoms. The van der Waals surface area contributed by atoms with Crippen LogP contribution in [0.5, 0.6) is 0 Å². The van der Waals surface area contributed by atoms with Crippen molar-refractivity contribution in [3.63, 3.8) is 0 Å².